The Balaban J connectivity index is 1.55. The highest BCUT2D eigenvalue weighted by atomic mass is 79.9. The van der Waals surface area contributed by atoms with Crippen LogP contribution in [0.5, 0.6) is 0 Å². The molecule has 7 rings (SSSR count). The Labute approximate surface area is 198 Å². The lowest BCUT2D eigenvalue weighted by Gasteiger charge is -2.22. The molecule has 0 aliphatic heterocycles. The van der Waals surface area contributed by atoms with Crippen molar-refractivity contribution < 1.29 is 0 Å². The summed E-state index contributed by atoms with van der Waals surface area (Å²) in [5, 5.41) is 2.52. The second-order valence-electron chi connectivity index (χ2n) is 9.09. The van der Waals surface area contributed by atoms with Crippen molar-refractivity contribution in [3.8, 4) is 16.8 Å². The Morgan fingerprint density at radius 3 is 2.47 bits per heavy atom. The third-order valence-corrected chi connectivity index (χ3v) is 8.29. The van der Waals surface area contributed by atoms with Crippen molar-refractivity contribution in [3.63, 3.8) is 0 Å². The van der Waals surface area contributed by atoms with E-state index in [0.717, 1.165) is 9.99 Å². The highest BCUT2D eigenvalue weighted by molar-refractivity contribution is 9.10. The molecule has 0 saturated carbocycles. The van der Waals surface area contributed by atoms with Gasteiger partial charge in [-0.1, -0.05) is 60.1 Å². The fraction of sp³-hybridized carbons (Fsp3) is 0.107. The summed E-state index contributed by atoms with van der Waals surface area (Å²) in [6, 6.07) is 26.9. The fourth-order valence-corrected chi connectivity index (χ4v) is 6.49. The normalized spacial score (nSPS) is 14.3. The van der Waals surface area contributed by atoms with Gasteiger partial charge in [0.15, 0.2) is 0 Å². The minimum absolute atomic E-state index is 0.0475. The van der Waals surface area contributed by atoms with Gasteiger partial charge in [-0.15, -0.1) is 11.3 Å². The van der Waals surface area contributed by atoms with Gasteiger partial charge in [0.25, 0.3) is 0 Å². The molecule has 1 aliphatic rings. The molecule has 0 N–H and O–H groups in total. The maximum absolute atomic E-state index is 4.56. The van der Waals surface area contributed by atoms with Crippen LogP contribution in [0.2, 0.25) is 0 Å². The quantitative estimate of drug-likeness (QED) is 0.224. The van der Waals surface area contributed by atoms with Gasteiger partial charge in [0, 0.05) is 26.3 Å². The molecule has 4 heteroatoms. The molecule has 1 aliphatic carbocycles. The largest absolute Gasteiger partial charge is 0.309 e. The van der Waals surface area contributed by atoms with Crippen LogP contribution in [0.3, 0.4) is 0 Å². The van der Waals surface area contributed by atoms with Crippen LogP contribution in [0.15, 0.2) is 82.8 Å². The zero-order valence-electron chi connectivity index (χ0n) is 17.7. The van der Waals surface area contributed by atoms with Gasteiger partial charge in [0.2, 0.25) is 0 Å². The lowest BCUT2D eigenvalue weighted by atomic mass is 9.82. The van der Waals surface area contributed by atoms with Gasteiger partial charge < -0.3 is 4.57 Å². The molecule has 0 atom stereocenters. The van der Waals surface area contributed by atoms with Crippen LogP contribution >= 0.6 is 27.3 Å². The summed E-state index contributed by atoms with van der Waals surface area (Å²) in [5.41, 5.74) is 12.1. The third-order valence-electron chi connectivity index (χ3n) is 7.00. The number of aromatic nitrogens is 2. The number of hydrogen-bond acceptors (Lipinski definition) is 2. The van der Waals surface area contributed by atoms with E-state index < -0.39 is 0 Å². The van der Waals surface area contributed by atoms with E-state index >= 15 is 0 Å². The predicted molar refractivity (Wildman–Crippen MR) is 139 cm³/mol. The lowest BCUT2D eigenvalue weighted by Crippen LogP contribution is -2.15. The van der Waals surface area contributed by atoms with Crippen LogP contribution in [0, 0.1) is 0 Å². The van der Waals surface area contributed by atoms with E-state index in [-0.39, 0.29) is 5.41 Å². The van der Waals surface area contributed by atoms with Crippen LogP contribution in [-0.2, 0) is 5.41 Å². The van der Waals surface area contributed by atoms with Crippen molar-refractivity contribution in [3.05, 3.63) is 93.9 Å². The third kappa shape index (κ3) is 2.37. The topological polar surface area (TPSA) is 17.8 Å². The minimum Gasteiger partial charge on any atom is -0.309 e. The lowest BCUT2D eigenvalue weighted by molar-refractivity contribution is 0.659. The second kappa shape index (κ2) is 6.31. The fourth-order valence-electron chi connectivity index (χ4n) is 5.43. The van der Waals surface area contributed by atoms with E-state index in [1.807, 2.05) is 5.51 Å². The SMILES string of the molecule is CC1(C)c2cc(Br)ccc2-c2ccc(-n3c4ccccc4c4cc5ncsc5cc43)cc21. The summed E-state index contributed by atoms with van der Waals surface area (Å²) in [6.45, 7) is 4.67. The number of para-hydroxylation sites is 1. The predicted octanol–water partition coefficient (Wildman–Crippen LogP) is 8.46. The summed E-state index contributed by atoms with van der Waals surface area (Å²) in [4.78, 5) is 4.56. The highest BCUT2D eigenvalue weighted by Gasteiger charge is 2.35. The Bertz CT molecular complexity index is 1720. The Hall–Kier alpha value is -2.95. The molecule has 0 bridgehead atoms. The number of benzene rings is 4. The molecule has 2 heterocycles. The van der Waals surface area contributed by atoms with Gasteiger partial charge in [-0.25, -0.2) is 4.98 Å². The summed E-state index contributed by atoms with van der Waals surface area (Å²) < 4.78 is 4.77. The maximum atomic E-state index is 4.56. The second-order valence-corrected chi connectivity index (χ2v) is 10.9. The van der Waals surface area contributed by atoms with Gasteiger partial charge in [-0.2, -0.15) is 0 Å². The van der Waals surface area contributed by atoms with Gasteiger partial charge in [-0.05, 0) is 64.7 Å². The summed E-state index contributed by atoms with van der Waals surface area (Å²) in [5.74, 6) is 0. The van der Waals surface area contributed by atoms with Crippen molar-refractivity contribution in [1.82, 2.24) is 9.55 Å². The molecule has 0 unspecified atom stereocenters. The first-order valence-electron chi connectivity index (χ1n) is 10.7. The first-order valence-corrected chi connectivity index (χ1v) is 12.4. The van der Waals surface area contributed by atoms with Crippen LogP contribution in [0.25, 0.3) is 48.8 Å². The van der Waals surface area contributed by atoms with Gasteiger partial charge in [-0.3, -0.25) is 0 Å². The van der Waals surface area contributed by atoms with E-state index in [1.54, 1.807) is 11.3 Å². The van der Waals surface area contributed by atoms with Crippen molar-refractivity contribution >= 4 is 59.3 Å². The van der Waals surface area contributed by atoms with Crippen molar-refractivity contribution in [1.29, 1.82) is 0 Å². The van der Waals surface area contributed by atoms with Crippen LogP contribution in [0.1, 0.15) is 25.0 Å². The van der Waals surface area contributed by atoms with E-state index in [2.05, 4.69) is 112 Å². The molecule has 0 fully saturated rings. The standard InChI is InChI=1S/C28H19BrN2S/c1-28(2)22-11-16(29)7-9-18(22)19-10-8-17(12-23(19)28)31-25-6-4-3-5-20(25)21-13-24-27(14-26(21)31)32-15-30-24/h3-15H,1-2H3. The van der Waals surface area contributed by atoms with Crippen molar-refractivity contribution in [2.75, 3.05) is 0 Å². The molecule has 32 heavy (non-hydrogen) atoms. The van der Waals surface area contributed by atoms with E-state index in [0.29, 0.717) is 0 Å². The number of hydrogen-bond donors (Lipinski definition) is 0. The van der Waals surface area contributed by atoms with Crippen molar-refractivity contribution in [2.24, 2.45) is 0 Å². The van der Waals surface area contributed by atoms with E-state index in [4.69, 9.17) is 0 Å². The highest BCUT2D eigenvalue weighted by Crippen LogP contribution is 2.50. The maximum Gasteiger partial charge on any atom is 0.0819 e. The summed E-state index contributed by atoms with van der Waals surface area (Å²) in [7, 11) is 0. The molecule has 4 aromatic carbocycles. The molecule has 2 nitrogen and oxygen atoms in total. The molecule has 2 aromatic heterocycles. The van der Waals surface area contributed by atoms with Gasteiger partial charge in [0.1, 0.15) is 0 Å². The molecule has 0 saturated heterocycles. The average Bonchev–Trinajstić information content (AvgIpc) is 3.44. The minimum atomic E-state index is -0.0475. The number of fused-ring (bicyclic) bond motifs is 7. The van der Waals surface area contributed by atoms with Gasteiger partial charge in [0.05, 0.1) is 26.8 Å². The zero-order chi connectivity index (χ0) is 21.6. The molecule has 0 amide bonds. The Morgan fingerprint density at radius 1 is 0.812 bits per heavy atom. The van der Waals surface area contributed by atoms with Crippen LogP contribution in [0.4, 0.5) is 0 Å². The first kappa shape index (κ1) is 18.6. The Morgan fingerprint density at radius 2 is 1.59 bits per heavy atom. The molecule has 0 radical (unpaired) electrons. The molecule has 0 spiro atoms. The smallest absolute Gasteiger partial charge is 0.0819 e. The molecule has 6 aromatic rings. The zero-order valence-corrected chi connectivity index (χ0v) is 20.1. The van der Waals surface area contributed by atoms with E-state index in [9.17, 15) is 0 Å². The van der Waals surface area contributed by atoms with Crippen LogP contribution < -0.4 is 0 Å². The monoisotopic (exact) mass is 494 g/mol. The van der Waals surface area contributed by atoms with Crippen LogP contribution in [-0.4, -0.2) is 9.55 Å². The number of nitrogens with zero attached hydrogens (tertiary/aromatic N) is 2. The molecule has 154 valence electrons. The number of rotatable bonds is 1. The summed E-state index contributed by atoms with van der Waals surface area (Å²) >= 11 is 5.37. The first-order chi connectivity index (χ1) is 15.5. The van der Waals surface area contributed by atoms with Crippen molar-refractivity contribution in [2.45, 2.75) is 19.3 Å². The number of halogens is 1. The molecular formula is C28H19BrN2S. The average molecular weight is 495 g/mol. The number of thiazole rings is 1. The van der Waals surface area contributed by atoms with E-state index in [1.165, 1.54) is 54.4 Å². The summed E-state index contributed by atoms with van der Waals surface area (Å²) in [6.07, 6.45) is 0. The Kier molecular flexibility index (Phi) is 3.67. The van der Waals surface area contributed by atoms with Gasteiger partial charge >= 0.3 is 0 Å². The molecular weight excluding hydrogens is 476 g/mol.